The van der Waals surface area contributed by atoms with Crippen molar-refractivity contribution in [2.24, 2.45) is 7.05 Å². The third kappa shape index (κ3) is 2.63. The summed E-state index contributed by atoms with van der Waals surface area (Å²) in [7, 11) is 3.26. The van der Waals surface area contributed by atoms with E-state index in [1.54, 1.807) is 28.8 Å². The number of hydrogen-bond donors (Lipinski definition) is 0. The van der Waals surface area contributed by atoms with E-state index in [9.17, 15) is 9.18 Å². The van der Waals surface area contributed by atoms with E-state index in [1.165, 1.54) is 19.2 Å². The van der Waals surface area contributed by atoms with E-state index in [0.29, 0.717) is 29.2 Å². The minimum atomic E-state index is -0.372. The fourth-order valence-electron chi connectivity index (χ4n) is 3.39. The highest BCUT2D eigenvalue weighted by Crippen LogP contribution is 2.32. The summed E-state index contributed by atoms with van der Waals surface area (Å²) in [5.41, 5.74) is 3.59. The Morgan fingerprint density at radius 1 is 1.19 bits per heavy atom. The lowest BCUT2D eigenvalue weighted by atomic mass is 10.1. The maximum atomic E-state index is 13.7. The normalized spacial score (nSPS) is 13.0. The highest BCUT2D eigenvalue weighted by atomic mass is 19.1. The smallest absolute Gasteiger partial charge is 0.278 e. The second kappa shape index (κ2) is 6.29. The average molecular weight is 351 g/mol. The number of carbonyl (C=O) groups excluding carboxylic acids is 1. The van der Waals surface area contributed by atoms with Gasteiger partial charge in [-0.1, -0.05) is 18.2 Å². The predicted molar refractivity (Wildman–Crippen MR) is 97.0 cm³/mol. The number of halogens is 1. The van der Waals surface area contributed by atoms with Crippen LogP contribution in [0.2, 0.25) is 0 Å². The van der Waals surface area contributed by atoms with Crippen LogP contribution in [-0.2, 0) is 13.5 Å². The molecule has 0 unspecified atom stereocenters. The predicted octanol–water partition coefficient (Wildman–Crippen LogP) is 3.44. The molecule has 4 rings (SSSR count). The lowest BCUT2D eigenvalue weighted by molar-refractivity contribution is 0.0984. The molecule has 3 aromatic rings. The minimum absolute atomic E-state index is 0.160. The summed E-state index contributed by atoms with van der Waals surface area (Å²) in [6.07, 6.45) is 0.833. The summed E-state index contributed by atoms with van der Waals surface area (Å²) in [6, 6.07) is 13.8. The maximum absolute atomic E-state index is 13.7. The first kappa shape index (κ1) is 16.3. The Labute approximate surface area is 150 Å². The van der Waals surface area contributed by atoms with Crippen LogP contribution in [0.25, 0.3) is 11.3 Å². The third-order valence-corrected chi connectivity index (χ3v) is 4.67. The summed E-state index contributed by atoms with van der Waals surface area (Å²) in [6.45, 7) is 0.632. The summed E-state index contributed by atoms with van der Waals surface area (Å²) < 4.78 is 20.6. The number of aryl methyl sites for hydroxylation is 1. The van der Waals surface area contributed by atoms with Crippen LogP contribution in [0.15, 0.2) is 48.5 Å². The van der Waals surface area contributed by atoms with Crippen LogP contribution in [0.4, 0.5) is 10.1 Å². The zero-order valence-corrected chi connectivity index (χ0v) is 14.6. The van der Waals surface area contributed by atoms with Gasteiger partial charge >= 0.3 is 0 Å². The first-order valence-corrected chi connectivity index (χ1v) is 8.36. The molecule has 0 radical (unpaired) electrons. The Morgan fingerprint density at radius 3 is 2.81 bits per heavy atom. The van der Waals surface area contributed by atoms with Crippen molar-refractivity contribution in [1.82, 2.24) is 9.78 Å². The van der Waals surface area contributed by atoms with Gasteiger partial charge in [-0.05, 0) is 42.3 Å². The molecular formula is C20H18FN3O2. The van der Waals surface area contributed by atoms with Crippen LogP contribution in [0, 0.1) is 5.82 Å². The summed E-state index contributed by atoms with van der Waals surface area (Å²) in [4.78, 5) is 14.7. The first-order chi connectivity index (χ1) is 12.6. The van der Waals surface area contributed by atoms with Gasteiger partial charge in [-0.3, -0.25) is 9.48 Å². The van der Waals surface area contributed by atoms with Gasteiger partial charge in [0, 0.05) is 24.8 Å². The Kier molecular flexibility index (Phi) is 3.95. The molecule has 1 aliphatic heterocycles. The number of carbonyl (C=O) groups is 1. The molecule has 6 heteroatoms. The highest BCUT2D eigenvalue weighted by molar-refractivity contribution is 6.06. The summed E-state index contributed by atoms with van der Waals surface area (Å²) >= 11 is 0. The van der Waals surface area contributed by atoms with E-state index >= 15 is 0 Å². The molecule has 5 nitrogen and oxygen atoms in total. The van der Waals surface area contributed by atoms with Crippen molar-refractivity contribution < 1.29 is 13.9 Å². The number of aromatic nitrogens is 2. The van der Waals surface area contributed by atoms with Crippen LogP contribution in [0.5, 0.6) is 5.75 Å². The van der Waals surface area contributed by atoms with Gasteiger partial charge in [-0.15, -0.1) is 0 Å². The number of hydrogen-bond acceptors (Lipinski definition) is 3. The molecule has 1 aliphatic rings. The Morgan fingerprint density at radius 2 is 2.00 bits per heavy atom. The number of rotatable bonds is 3. The number of ether oxygens (including phenoxy) is 1. The van der Waals surface area contributed by atoms with Crippen molar-refractivity contribution in [3.05, 3.63) is 65.6 Å². The standard InChI is InChI=1S/C20H18FN3O2/c1-23-18(15-11-14(21)7-8-19(15)26-2)12-16(22-23)20(25)24-10-9-13-5-3-4-6-17(13)24/h3-8,11-12H,9-10H2,1-2H3. The van der Waals surface area contributed by atoms with Gasteiger partial charge in [0.1, 0.15) is 11.6 Å². The monoisotopic (exact) mass is 351 g/mol. The van der Waals surface area contributed by atoms with Crippen molar-refractivity contribution in [2.45, 2.75) is 6.42 Å². The van der Waals surface area contributed by atoms with Crippen LogP contribution in [0.1, 0.15) is 16.1 Å². The van der Waals surface area contributed by atoms with E-state index in [-0.39, 0.29) is 11.7 Å². The van der Waals surface area contributed by atoms with Gasteiger partial charge in [0.2, 0.25) is 0 Å². The third-order valence-electron chi connectivity index (χ3n) is 4.67. The van der Waals surface area contributed by atoms with Crippen LogP contribution in [0.3, 0.4) is 0 Å². The van der Waals surface area contributed by atoms with E-state index in [1.807, 2.05) is 24.3 Å². The van der Waals surface area contributed by atoms with Crippen molar-refractivity contribution in [3.63, 3.8) is 0 Å². The number of fused-ring (bicyclic) bond motifs is 1. The molecule has 2 aromatic carbocycles. The average Bonchev–Trinajstić information content (AvgIpc) is 3.25. The van der Waals surface area contributed by atoms with Gasteiger partial charge in [0.05, 0.1) is 12.8 Å². The fraction of sp³-hybridized carbons (Fsp3) is 0.200. The van der Waals surface area contributed by atoms with Crippen LogP contribution < -0.4 is 9.64 Å². The molecule has 0 aliphatic carbocycles. The SMILES string of the molecule is COc1ccc(F)cc1-c1cc(C(=O)N2CCc3ccccc32)nn1C. The van der Waals surface area contributed by atoms with E-state index < -0.39 is 0 Å². The maximum Gasteiger partial charge on any atom is 0.278 e. The van der Waals surface area contributed by atoms with Crippen molar-refractivity contribution in [3.8, 4) is 17.0 Å². The Bertz CT molecular complexity index is 996. The van der Waals surface area contributed by atoms with Crippen LogP contribution in [-0.4, -0.2) is 29.3 Å². The molecule has 1 aromatic heterocycles. The van der Waals surface area contributed by atoms with Gasteiger partial charge in [0.25, 0.3) is 5.91 Å². The molecule has 0 spiro atoms. The largest absolute Gasteiger partial charge is 0.496 e. The second-order valence-corrected chi connectivity index (χ2v) is 6.22. The topological polar surface area (TPSA) is 47.4 Å². The zero-order valence-electron chi connectivity index (χ0n) is 14.6. The number of nitrogens with zero attached hydrogens (tertiary/aromatic N) is 3. The molecule has 0 bridgehead atoms. The van der Waals surface area contributed by atoms with Gasteiger partial charge < -0.3 is 9.64 Å². The molecular weight excluding hydrogens is 333 g/mol. The number of para-hydroxylation sites is 1. The van der Waals surface area contributed by atoms with E-state index in [2.05, 4.69) is 5.10 Å². The molecule has 0 saturated carbocycles. The van der Waals surface area contributed by atoms with E-state index in [0.717, 1.165) is 17.7 Å². The fourth-order valence-corrected chi connectivity index (χ4v) is 3.39. The number of anilines is 1. The minimum Gasteiger partial charge on any atom is -0.496 e. The van der Waals surface area contributed by atoms with Crippen molar-refractivity contribution in [1.29, 1.82) is 0 Å². The van der Waals surface area contributed by atoms with Gasteiger partial charge in [0.15, 0.2) is 5.69 Å². The van der Waals surface area contributed by atoms with E-state index in [4.69, 9.17) is 4.74 Å². The van der Waals surface area contributed by atoms with Crippen molar-refractivity contribution >= 4 is 11.6 Å². The molecule has 0 N–H and O–H groups in total. The first-order valence-electron chi connectivity index (χ1n) is 8.36. The zero-order chi connectivity index (χ0) is 18.3. The highest BCUT2D eigenvalue weighted by Gasteiger charge is 2.27. The van der Waals surface area contributed by atoms with Gasteiger partial charge in [-0.25, -0.2) is 4.39 Å². The molecule has 0 atom stereocenters. The molecule has 26 heavy (non-hydrogen) atoms. The van der Waals surface area contributed by atoms with Crippen LogP contribution >= 0.6 is 0 Å². The number of methoxy groups -OCH3 is 1. The number of benzene rings is 2. The molecule has 132 valence electrons. The van der Waals surface area contributed by atoms with Gasteiger partial charge in [-0.2, -0.15) is 5.10 Å². The molecule has 1 amide bonds. The quantitative estimate of drug-likeness (QED) is 0.726. The summed E-state index contributed by atoms with van der Waals surface area (Å²) in [5, 5.41) is 4.36. The van der Waals surface area contributed by atoms with Crippen molar-refractivity contribution in [2.75, 3.05) is 18.6 Å². The molecule has 2 heterocycles. The lowest BCUT2D eigenvalue weighted by Gasteiger charge is -2.15. The second-order valence-electron chi connectivity index (χ2n) is 6.22. The molecule has 0 fully saturated rings. The Balaban J connectivity index is 1.72. The molecule has 0 saturated heterocycles. The number of amides is 1. The Hall–Kier alpha value is -3.15. The lowest BCUT2D eigenvalue weighted by Crippen LogP contribution is -2.29. The summed E-state index contributed by atoms with van der Waals surface area (Å²) in [5.74, 6) is -0.00423.